The number of hydrogen-bond acceptors (Lipinski definition) is 3. The van der Waals surface area contributed by atoms with Crippen LogP contribution in [-0.2, 0) is 0 Å². The number of benzene rings is 1. The lowest BCUT2D eigenvalue weighted by Gasteiger charge is -2.39. The number of rotatable bonds is 2. The van der Waals surface area contributed by atoms with Crippen LogP contribution in [0.15, 0.2) is 18.2 Å². The molecule has 4 nitrogen and oxygen atoms in total. The minimum atomic E-state index is -0.466. The van der Waals surface area contributed by atoms with Crippen LogP contribution in [0, 0.1) is 5.92 Å². The Hall–Kier alpha value is -1.71. The molecule has 0 radical (unpaired) electrons. The molecule has 1 fully saturated rings. The van der Waals surface area contributed by atoms with Crippen molar-refractivity contribution in [2.24, 2.45) is 11.7 Å². The number of carbonyl (C=O) groups is 1. The zero-order chi connectivity index (χ0) is 13.3. The molecular formula is C14H21N3O. The number of piperidine rings is 1. The molecule has 1 aliphatic heterocycles. The smallest absolute Gasteiger partial charge is 0.250 e. The lowest BCUT2D eigenvalue weighted by Crippen LogP contribution is -2.41. The summed E-state index contributed by atoms with van der Waals surface area (Å²) in [6.07, 6.45) is 2.40. The molecule has 18 heavy (non-hydrogen) atoms. The van der Waals surface area contributed by atoms with E-state index in [0.29, 0.717) is 23.2 Å². The summed E-state index contributed by atoms with van der Waals surface area (Å²) in [6, 6.07) is 5.94. The van der Waals surface area contributed by atoms with Gasteiger partial charge in [0.1, 0.15) is 0 Å². The standard InChI is InChI=1S/C14H21N3O/c1-9-6-7-10(2)17(8-9)12-5-3-4-11(13(12)15)14(16)18/h3-5,9-10H,6-8,15H2,1-2H3,(H2,16,18). The molecule has 1 aromatic carbocycles. The maximum atomic E-state index is 11.3. The number of nitrogens with zero attached hydrogens (tertiary/aromatic N) is 1. The van der Waals surface area contributed by atoms with Crippen molar-refractivity contribution >= 4 is 17.3 Å². The third-order valence-corrected chi connectivity index (χ3v) is 3.78. The maximum Gasteiger partial charge on any atom is 0.250 e. The summed E-state index contributed by atoms with van der Waals surface area (Å²) in [7, 11) is 0. The molecule has 2 unspecified atom stereocenters. The predicted octanol–water partition coefficient (Wildman–Crippen LogP) is 1.99. The fourth-order valence-electron chi connectivity index (χ4n) is 2.64. The number of hydrogen-bond donors (Lipinski definition) is 2. The van der Waals surface area contributed by atoms with E-state index < -0.39 is 5.91 Å². The molecule has 1 saturated heterocycles. The first kappa shape index (κ1) is 12.7. The minimum absolute atomic E-state index is 0.415. The topological polar surface area (TPSA) is 72.3 Å². The van der Waals surface area contributed by atoms with Gasteiger partial charge in [0.25, 0.3) is 5.91 Å². The summed E-state index contributed by atoms with van der Waals surface area (Å²) in [5.41, 5.74) is 13.3. The largest absolute Gasteiger partial charge is 0.396 e. The van der Waals surface area contributed by atoms with Crippen molar-refractivity contribution in [3.63, 3.8) is 0 Å². The second kappa shape index (κ2) is 4.88. The molecule has 4 N–H and O–H groups in total. The van der Waals surface area contributed by atoms with Crippen LogP contribution >= 0.6 is 0 Å². The quantitative estimate of drug-likeness (QED) is 0.785. The van der Waals surface area contributed by atoms with Crippen molar-refractivity contribution in [3.8, 4) is 0 Å². The van der Waals surface area contributed by atoms with Gasteiger partial charge < -0.3 is 16.4 Å². The Morgan fingerprint density at radius 3 is 2.72 bits per heavy atom. The van der Waals surface area contributed by atoms with Gasteiger partial charge in [-0.15, -0.1) is 0 Å². The first-order valence-electron chi connectivity index (χ1n) is 6.45. The van der Waals surface area contributed by atoms with E-state index in [9.17, 15) is 4.79 Å². The second-order valence-electron chi connectivity index (χ2n) is 5.29. The Bertz CT molecular complexity index is 458. The summed E-state index contributed by atoms with van der Waals surface area (Å²) < 4.78 is 0. The van der Waals surface area contributed by atoms with Crippen molar-refractivity contribution in [2.45, 2.75) is 32.7 Å². The van der Waals surface area contributed by atoms with Crippen molar-refractivity contribution < 1.29 is 4.79 Å². The Morgan fingerprint density at radius 2 is 2.06 bits per heavy atom. The lowest BCUT2D eigenvalue weighted by molar-refractivity contribution is 0.100. The molecule has 0 bridgehead atoms. The van der Waals surface area contributed by atoms with Gasteiger partial charge in [-0.1, -0.05) is 13.0 Å². The van der Waals surface area contributed by atoms with Gasteiger partial charge in [0.2, 0.25) is 0 Å². The van der Waals surface area contributed by atoms with E-state index in [2.05, 4.69) is 18.7 Å². The number of anilines is 2. The van der Waals surface area contributed by atoms with Gasteiger partial charge in [-0.2, -0.15) is 0 Å². The number of para-hydroxylation sites is 1. The van der Waals surface area contributed by atoms with Crippen molar-refractivity contribution in [1.82, 2.24) is 0 Å². The molecule has 2 atom stereocenters. The van der Waals surface area contributed by atoms with Crippen LogP contribution in [-0.4, -0.2) is 18.5 Å². The monoisotopic (exact) mass is 247 g/mol. The highest BCUT2D eigenvalue weighted by atomic mass is 16.1. The average molecular weight is 247 g/mol. The van der Waals surface area contributed by atoms with Crippen LogP contribution in [0.2, 0.25) is 0 Å². The van der Waals surface area contributed by atoms with Gasteiger partial charge in [0.15, 0.2) is 0 Å². The molecule has 1 amide bonds. The first-order valence-corrected chi connectivity index (χ1v) is 6.45. The fourth-order valence-corrected chi connectivity index (χ4v) is 2.64. The van der Waals surface area contributed by atoms with Crippen LogP contribution in [0.1, 0.15) is 37.0 Å². The molecule has 0 aromatic heterocycles. The predicted molar refractivity (Wildman–Crippen MR) is 74.6 cm³/mol. The highest BCUT2D eigenvalue weighted by Crippen LogP contribution is 2.33. The number of carbonyl (C=O) groups excluding carboxylic acids is 1. The van der Waals surface area contributed by atoms with Gasteiger partial charge in [-0.05, 0) is 37.8 Å². The van der Waals surface area contributed by atoms with Crippen LogP contribution in [0.25, 0.3) is 0 Å². The zero-order valence-corrected chi connectivity index (χ0v) is 11.0. The Balaban J connectivity index is 2.38. The molecule has 2 rings (SSSR count). The summed E-state index contributed by atoms with van der Waals surface area (Å²) in [5.74, 6) is 0.185. The molecular weight excluding hydrogens is 226 g/mol. The lowest BCUT2D eigenvalue weighted by atomic mass is 9.94. The Labute approximate surface area is 108 Å². The minimum Gasteiger partial charge on any atom is -0.396 e. The molecule has 1 aliphatic rings. The third-order valence-electron chi connectivity index (χ3n) is 3.78. The van der Waals surface area contributed by atoms with Crippen LogP contribution in [0.5, 0.6) is 0 Å². The van der Waals surface area contributed by atoms with Crippen LogP contribution in [0.3, 0.4) is 0 Å². The molecule has 98 valence electrons. The SMILES string of the molecule is CC1CCC(C)N(c2cccc(C(N)=O)c2N)C1. The Kier molecular flexibility index (Phi) is 3.45. The number of nitrogens with two attached hydrogens (primary N) is 2. The van der Waals surface area contributed by atoms with E-state index >= 15 is 0 Å². The average Bonchev–Trinajstić information content (AvgIpc) is 2.32. The van der Waals surface area contributed by atoms with Crippen molar-refractivity contribution in [3.05, 3.63) is 23.8 Å². The van der Waals surface area contributed by atoms with Gasteiger partial charge in [-0.25, -0.2) is 0 Å². The van der Waals surface area contributed by atoms with Gasteiger partial charge >= 0.3 is 0 Å². The molecule has 1 aromatic rings. The second-order valence-corrected chi connectivity index (χ2v) is 5.29. The summed E-state index contributed by atoms with van der Waals surface area (Å²) in [5, 5.41) is 0. The molecule has 4 heteroatoms. The molecule has 0 aliphatic carbocycles. The summed E-state index contributed by atoms with van der Waals surface area (Å²) in [6.45, 7) is 5.42. The normalized spacial score (nSPS) is 24.0. The highest BCUT2D eigenvalue weighted by Gasteiger charge is 2.25. The summed E-state index contributed by atoms with van der Waals surface area (Å²) >= 11 is 0. The molecule has 0 saturated carbocycles. The van der Waals surface area contributed by atoms with Gasteiger partial charge in [0.05, 0.1) is 16.9 Å². The number of primary amides is 1. The van der Waals surface area contributed by atoms with Gasteiger partial charge in [0, 0.05) is 12.6 Å². The van der Waals surface area contributed by atoms with Crippen LogP contribution < -0.4 is 16.4 Å². The van der Waals surface area contributed by atoms with E-state index in [1.807, 2.05) is 12.1 Å². The van der Waals surface area contributed by atoms with Gasteiger partial charge in [-0.3, -0.25) is 4.79 Å². The first-order chi connectivity index (χ1) is 8.50. The van der Waals surface area contributed by atoms with E-state index in [1.54, 1.807) is 6.07 Å². The fraction of sp³-hybridized carbons (Fsp3) is 0.500. The zero-order valence-electron chi connectivity index (χ0n) is 11.0. The molecule has 1 heterocycles. The highest BCUT2D eigenvalue weighted by molar-refractivity contribution is 6.00. The summed E-state index contributed by atoms with van der Waals surface area (Å²) in [4.78, 5) is 13.6. The van der Waals surface area contributed by atoms with Crippen molar-refractivity contribution in [1.29, 1.82) is 0 Å². The molecule has 0 spiro atoms. The number of amides is 1. The van der Waals surface area contributed by atoms with E-state index in [4.69, 9.17) is 11.5 Å². The van der Waals surface area contributed by atoms with E-state index in [1.165, 1.54) is 6.42 Å². The van der Waals surface area contributed by atoms with E-state index in [0.717, 1.165) is 18.7 Å². The van der Waals surface area contributed by atoms with Crippen molar-refractivity contribution in [2.75, 3.05) is 17.2 Å². The Morgan fingerprint density at radius 1 is 1.33 bits per heavy atom. The van der Waals surface area contributed by atoms with E-state index in [-0.39, 0.29) is 0 Å². The van der Waals surface area contributed by atoms with Crippen LogP contribution in [0.4, 0.5) is 11.4 Å². The number of nitrogen functional groups attached to an aromatic ring is 1. The third kappa shape index (κ3) is 2.28. The maximum absolute atomic E-state index is 11.3.